The molecule has 0 aliphatic rings. The molecule has 2 heteroatoms. The molecule has 0 bridgehead atoms. The first-order chi connectivity index (χ1) is 8.45. The molecule has 3 N–H and O–H groups in total. The lowest BCUT2D eigenvalue weighted by Gasteiger charge is -2.19. The minimum absolute atomic E-state index is 0.190. The molecule has 0 saturated heterocycles. The summed E-state index contributed by atoms with van der Waals surface area (Å²) < 4.78 is 0. The molecule has 0 aliphatic carbocycles. The van der Waals surface area contributed by atoms with Gasteiger partial charge in [-0.15, -0.1) is 0 Å². The van der Waals surface area contributed by atoms with E-state index in [1.807, 2.05) is 24.3 Å². The predicted octanol–water partition coefficient (Wildman–Crippen LogP) is 4.31. The quantitative estimate of drug-likeness (QED) is 0.768. The lowest BCUT2D eigenvalue weighted by atomic mass is 9.87. The number of nitrogen functional groups attached to an aromatic ring is 1. The molecule has 0 fully saturated rings. The third-order valence-electron chi connectivity index (χ3n) is 2.93. The molecule has 0 aliphatic heterocycles. The fourth-order valence-electron chi connectivity index (χ4n) is 1.84. The highest BCUT2D eigenvalue weighted by Gasteiger charge is 2.12. The Balaban J connectivity index is 2.16. The lowest BCUT2D eigenvalue weighted by molar-refractivity contribution is 0.590. The maximum atomic E-state index is 5.75. The second-order valence-electron chi connectivity index (χ2n) is 5.58. The van der Waals surface area contributed by atoms with Crippen LogP contribution in [0.15, 0.2) is 48.5 Å². The normalized spacial score (nSPS) is 11.3. The molecule has 2 aromatic carbocycles. The van der Waals surface area contributed by atoms with Gasteiger partial charge in [0.1, 0.15) is 0 Å². The molecular weight excluding hydrogens is 220 g/mol. The van der Waals surface area contributed by atoms with Crippen molar-refractivity contribution in [2.75, 3.05) is 11.1 Å². The fraction of sp³-hybridized carbons (Fsp3) is 0.250. The van der Waals surface area contributed by atoms with Crippen molar-refractivity contribution in [3.63, 3.8) is 0 Å². The van der Waals surface area contributed by atoms with Crippen molar-refractivity contribution in [2.45, 2.75) is 26.2 Å². The van der Waals surface area contributed by atoms with Crippen molar-refractivity contribution in [1.82, 2.24) is 0 Å². The average Bonchev–Trinajstić information content (AvgIpc) is 2.28. The van der Waals surface area contributed by atoms with Crippen molar-refractivity contribution < 1.29 is 0 Å². The van der Waals surface area contributed by atoms with Crippen LogP contribution in [0, 0.1) is 0 Å². The summed E-state index contributed by atoms with van der Waals surface area (Å²) in [7, 11) is 0. The van der Waals surface area contributed by atoms with Crippen LogP contribution in [-0.4, -0.2) is 0 Å². The van der Waals surface area contributed by atoms with E-state index in [4.69, 9.17) is 5.73 Å². The molecule has 0 aromatic heterocycles. The van der Waals surface area contributed by atoms with Gasteiger partial charge < -0.3 is 11.1 Å². The average molecular weight is 240 g/mol. The number of hydrogen-bond donors (Lipinski definition) is 2. The van der Waals surface area contributed by atoms with Gasteiger partial charge in [0.25, 0.3) is 0 Å². The molecule has 18 heavy (non-hydrogen) atoms. The number of nitrogens with two attached hydrogens (primary N) is 1. The van der Waals surface area contributed by atoms with E-state index >= 15 is 0 Å². The molecule has 0 radical (unpaired) electrons. The summed E-state index contributed by atoms with van der Waals surface area (Å²) in [5.41, 5.74) is 10.1. The third kappa shape index (κ3) is 3.04. The van der Waals surface area contributed by atoms with E-state index in [0.717, 1.165) is 17.1 Å². The van der Waals surface area contributed by atoms with Gasteiger partial charge in [-0.05, 0) is 41.3 Å². The van der Waals surface area contributed by atoms with Crippen LogP contribution in [0.5, 0.6) is 0 Å². The van der Waals surface area contributed by atoms with Gasteiger partial charge in [-0.25, -0.2) is 0 Å². The Morgan fingerprint density at radius 1 is 0.889 bits per heavy atom. The van der Waals surface area contributed by atoms with Gasteiger partial charge in [-0.1, -0.05) is 39.0 Å². The van der Waals surface area contributed by atoms with Gasteiger partial charge in [0.15, 0.2) is 0 Å². The van der Waals surface area contributed by atoms with Gasteiger partial charge in [-0.3, -0.25) is 0 Å². The first-order valence-corrected chi connectivity index (χ1v) is 6.18. The van der Waals surface area contributed by atoms with Crippen LogP contribution in [0.1, 0.15) is 26.3 Å². The molecule has 0 saturated carbocycles. The van der Waals surface area contributed by atoms with E-state index in [1.54, 1.807) is 0 Å². The molecule has 2 nitrogen and oxygen atoms in total. The second kappa shape index (κ2) is 4.73. The minimum atomic E-state index is 0.190. The highest BCUT2D eigenvalue weighted by molar-refractivity contribution is 5.63. The molecule has 0 amide bonds. The molecule has 2 rings (SSSR count). The molecule has 0 unspecified atom stereocenters. The van der Waals surface area contributed by atoms with Gasteiger partial charge in [0.2, 0.25) is 0 Å². The van der Waals surface area contributed by atoms with E-state index < -0.39 is 0 Å². The van der Waals surface area contributed by atoms with E-state index in [9.17, 15) is 0 Å². The van der Waals surface area contributed by atoms with E-state index in [-0.39, 0.29) is 5.41 Å². The van der Waals surface area contributed by atoms with Crippen molar-refractivity contribution >= 4 is 17.1 Å². The van der Waals surface area contributed by atoms with Gasteiger partial charge >= 0.3 is 0 Å². The Kier molecular flexibility index (Phi) is 3.28. The number of hydrogen-bond acceptors (Lipinski definition) is 2. The first kappa shape index (κ1) is 12.5. The zero-order valence-corrected chi connectivity index (χ0v) is 11.2. The number of nitrogens with one attached hydrogen (secondary N) is 1. The van der Waals surface area contributed by atoms with Crippen LogP contribution >= 0.6 is 0 Å². The van der Waals surface area contributed by atoms with Crippen LogP contribution in [0.4, 0.5) is 17.1 Å². The summed E-state index contributed by atoms with van der Waals surface area (Å²) in [6.07, 6.45) is 0. The Bertz CT molecular complexity index is 522. The Hall–Kier alpha value is -1.96. The van der Waals surface area contributed by atoms with Crippen LogP contribution in [0.25, 0.3) is 0 Å². The SMILES string of the molecule is CC(C)(C)c1ccc(Nc2cccc(N)c2)cc1. The number of anilines is 3. The van der Waals surface area contributed by atoms with Crippen molar-refractivity contribution in [3.8, 4) is 0 Å². The summed E-state index contributed by atoms with van der Waals surface area (Å²) >= 11 is 0. The Labute approximate surface area is 109 Å². The number of benzene rings is 2. The minimum Gasteiger partial charge on any atom is -0.399 e. The zero-order valence-electron chi connectivity index (χ0n) is 11.2. The zero-order chi connectivity index (χ0) is 13.2. The highest BCUT2D eigenvalue weighted by Crippen LogP contribution is 2.25. The summed E-state index contributed by atoms with van der Waals surface area (Å²) in [5.74, 6) is 0. The summed E-state index contributed by atoms with van der Waals surface area (Å²) in [6.45, 7) is 6.65. The van der Waals surface area contributed by atoms with Crippen molar-refractivity contribution in [2.24, 2.45) is 0 Å². The molecule has 0 spiro atoms. The summed E-state index contributed by atoms with van der Waals surface area (Å²) in [6, 6.07) is 16.3. The van der Waals surface area contributed by atoms with Gasteiger partial charge in [-0.2, -0.15) is 0 Å². The van der Waals surface area contributed by atoms with E-state index in [2.05, 4.69) is 50.4 Å². The van der Waals surface area contributed by atoms with Crippen molar-refractivity contribution in [1.29, 1.82) is 0 Å². The topological polar surface area (TPSA) is 38.0 Å². The largest absolute Gasteiger partial charge is 0.399 e. The predicted molar refractivity (Wildman–Crippen MR) is 79.3 cm³/mol. The number of rotatable bonds is 2. The van der Waals surface area contributed by atoms with Crippen LogP contribution in [0.3, 0.4) is 0 Å². The summed E-state index contributed by atoms with van der Waals surface area (Å²) in [4.78, 5) is 0. The third-order valence-corrected chi connectivity index (χ3v) is 2.93. The fourth-order valence-corrected chi connectivity index (χ4v) is 1.84. The van der Waals surface area contributed by atoms with E-state index in [0.29, 0.717) is 0 Å². The van der Waals surface area contributed by atoms with Crippen LogP contribution < -0.4 is 11.1 Å². The highest BCUT2D eigenvalue weighted by atomic mass is 14.9. The maximum absolute atomic E-state index is 5.75. The molecule has 0 heterocycles. The lowest BCUT2D eigenvalue weighted by Crippen LogP contribution is -2.10. The van der Waals surface area contributed by atoms with Gasteiger partial charge in [0.05, 0.1) is 0 Å². The maximum Gasteiger partial charge on any atom is 0.0404 e. The monoisotopic (exact) mass is 240 g/mol. The summed E-state index contributed by atoms with van der Waals surface area (Å²) in [5, 5.41) is 3.34. The molecular formula is C16H20N2. The second-order valence-corrected chi connectivity index (χ2v) is 5.58. The van der Waals surface area contributed by atoms with Crippen LogP contribution in [0.2, 0.25) is 0 Å². The molecule has 0 atom stereocenters. The van der Waals surface area contributed by atoms with Gasteiger partial charge in [0, 0.05) is 17.1 Å². The Morgan fingerprint density at radius 2 is 1.56 bits per heavy atom. The van der Waals surface area contributed by atoms with Crippen molar-refractivity contribution in [3.05, 3.63) is 54.1 Å². The van der Waals surface area contributed by atoms with Crippen LogP contribution in [-0.2, 0) is 5.41 Å². The molecule has 94 valence electrons. The Morgan fingerprint density at radius 3 is 2.11 bits per heavy atom. The first-order valence-electron chi connectivity index (χ1n) is 6.18. The molecule has 2 aromatic rings. The smallest absolute Gasteiger partial charge is 0.0404 e. The van der Waals surface area contributed by atoms with E-state index in [1.165, 1.54) is 5.56 Å². The standard InChI is InChI=1S/C16H20N2/c1-16(2,3)12-7-9-14(10-8-12)18-15-6-4-5-13(17)11-15/h4-11,18H,17H2,1-3H3.